The van der Waals surface area contributed by atoms with Crippen molar-refractivity contribution in [3.8, 4) is 0 Å². The van der Waals surface area contributed by atoms with Crippen molar-refractivity contribution in [2.24, 2.45) is 0 Å². The zero-order valence-electron chi connectivity index (χ0n) is 16.1. The lowest BCUT2D eigenvalue weighted by atomic mass is 10.0. The molecule has 0 aliphatic carbocycles. The highest BCUT2D eigenvalue weighted by Gasteiger charge is 2.32. The minimum Gasteiger partial charge on any atom is -0.361 e. The molecule has 0 saturated carbocycles. The van der Waals surface area contributed by atoms with Gasteiger partial charge in [-0.1, -0.05) is 23.7 Å². The van der Waals surface area contributed by atoms with Gasteiger partial charge < -0.3 is 9.88 Å². The Balaban J connectivity index is 1.18. The molecule has 0 bridgehead atoms. The van der Waals surface area contributed by atoms with E-state index in [1.807, 2.05) is 47.5 Å². The summed E-state index contributed by atoms with van der Waals surface area (Å²) in [5, 5.41) is 1.83. The maximum atomic E-state index is 12.9. The highest BCUT2D eigenvalue weighted by Crippen LogP contribution is 2.26. The van der Waals surface area contributed by atoms with Crippen LogP contribution in [0.3, 0.4) is 0 Å². The predicted octanol–water partition coefficient (Wildman–Crippen LogP) is 3.14. The van der Waals surface area contributed by atoms with Crippen LogP contribution < -0.4 is 10.9 Å². The Bertz CT molecular complexity index is 1010. The van der Waals surface area contributed by atoms with Crippen molar-refractivity contribution in [2.45, 2.75) is 18.6 Å². The summed E-state index contributed by atoms with van der Waals surface area (Å²) in [6, 6.07) is 16.1. The van der Waals surface area contributed by atoms with Crippen LogP contribution in [-0.2, 0) is 0 Å². The molecule has 0 spiro atoms. The Morgan fingerprint density at radius 1 is 0.966 bits per heavy atom. The van der Waals surface area contributed by atoms with Gasteiger partial charge in [-0.15, -0.1) is 0 Å². The average molecular weight is 410 g/mol. The van der Waals surface area contributed by atoms with Crippen molar-refractivity contribution in [1.29, 1.82) is 0 Å². The van der Waals surface area contributed by atoms with Gasteiger partial charge in [-0.3, -0.25) is 9.69 Å². The minimum atomic E-state index is 0.115. The van der Waals surface area contributed by atoms with Gasteiger partial charge in [0.1, 0.15) is 0 Å². The molecule has 2 aromatic carbocycles. The van der Waals surface area contributed by atoms with Gasteiger partial charge in [0, 0.05) is 59.9 Å². The van der Waals surface area contributed by atoms with E-state index < -0.39 is 0 Å². The Hall–Kier alpha value is -2.38. The summed E-state index contributed by atoms with van der Waals surface area (Å²) < 4.78 is 0. The van der Waals surface area contributed by atoms with E-state index in [2.05, 4.69) is 32.9 Å². The number of piperazine rings is 1. The maximum absolute atomic E-state index is 12.9. The van der Waals surface area contributed by atoms with Gasteiger partial charge in [0.05, 0.1) is 6.17 Å². The monoisotopic (exact) mass is 409 g/mol. The summed E-state index contributed by atoms with van der Waals surface area (Å²) in [5.41, 5.74) is 9.86. The van der Waals surface area contributed by atoms with Crippen LogP contribution in [0.15, 0.2) is 54.7 Å². The van der Waals surface area contributed by atoms with E-state index in [0.717, 1.165) is 54.1 Å². The third kappa shape index (κ3) is 3.76. The Labute approximate surface area is 174 Å². The van der Waals surface area contributed by atoms with Crippen LogP contribution in [0.25, 0.3) is 10.9 Å². The van der Waals surface area contributed by atoms with Crippen LogP contribution in [0.1, 0.15) is 28.4 Å². The zero-order valence-corrected chi connectivity index (χ0v) is 16.8. The van der Waals surface area contributed by atoms with Crippen LogP contribution in [-0.4, -0.2) is 53.0 Å². The van der Waals surface area contributed by atoms with Gasteiger partial charge in [-0.25, -0.2) is 10.9 Å². The molecule has 7 heteroatoms. The lowest BCUT2D eigenvalue weighted by molar-refractivity contribution is 0.0545. The number of hydrogen-bond acceptors (Lipinski definition) is 4. The van der Waals surface area contributed by atoms with Gasteiger partial charge in [0.15, 0.2) is 0 Å². The second-order valence-corrected chi connectivity index (χ2v) is 8.19. The number of halogens is 1. The number of nitrogens with one attached hydrogen (secondary N) is 3. The van der Waals surface area contributed by atoms with E-state index in [4.69, 9.17) is 11.6 Å². The highest BCUT2D eigenvalue weighted by molar-refractivity contribution is 6.30. The maximum Gasteiger partial charge on any atom is 0.253 e. The first-order chi connectivity index (χ1) is 14.2. The molecule has 2 unspecified atom stereocenters. The molecule has 150 valence electrons. The molecule has 5 rings (SSSR count). The fourth-order valence-electron chi connectivity index (χ4n) is 4.30. The molecule has 0 radical (unpaired) electrons. The quantitative estimate of drug-likeness (QED) is 0.622. The number of carbonyl (C=O) groups excluding carboxylic acids is 1. The molecule has 2 atom stereocenters. The van der Waals surface area contributed by atoms with Crippen LogP contribution >= 0.6 is 11.6 Å². The molecule has 3 aromatic rings. The van der Waals surface area contributed by atoms with Crippen molar-refractivity contribution < 1.29 is 4.79 Å². The number of amides is 1. The van der Waals surface area contributed by atoms with Crippen molar-refractivity contribution >= 4 is 28.4 Å². The minimum absolute atomic E-state index is 0.115. The average Bonchev–Trinajstić information content (AvgIpc) is 3.43. The number of hydrogen-bond donors (Lipinski definition) is 3. The third-order valence-electron chi connectivity index (χ3n) is 6.00. The van der Waals surface area contributed by atoms with Gasteiger partial charge >= 0.3 is 0 Å². The summed E-state index contributed by atoms with van der Waals surface area (Å²) in [4.78, 5) is 20.5. The first-order valence-electron chi connectivity index (χ1n) is 10.0. The predicted molar refractivity (Wildman–Crippen MR) is 115 cm³/mol. The number of rotatable bonds is 3. The molecule has 2 saturated heterocycles. The normalized spacial score (nSPS) is 23.0. The summed E-state index contributed by atoms with van der Waals surface area (Å²) in [5.74, 6) is 0.115. The first-order valence-corrected chi connectivity index (χ1v) is 10.4. The number of fused-ring (bicyclic) bond motifs is 1. The molecule has 2 aliphatic rings. The molecule has 1 aromatic heterocycles. The fourth-order valence-corrected chi connectivity index (χ4v) is 4.42. The zero-order chi connectivity index (χ0) is 19.8. The number of hydrazine groups is 1. The number of carbonyl (C=O) groups is 1. The summed E-state index contributed by atoms with van der Waals surface area (Å²) in [7, 11) is 0. The van der Waals surface area contributed by atoms with Crippen LogP contribution in [0.4, 0.5) is 0 Å². The van der Waals surface area contributed by atoms with Crippen LogP contribution in [0.2, 0.25) is 5.02 Å². The van der Waals surface area contributed by atoms with E-state index in [0.29, 0.717) is 0 Å². The summed E-state index contributed by atoms with van der Waals surface area (Å²) in [6.07, 6.45) is 3.15. The lowest BCUT2D eigenvalue weighted by Crippen LogP contribution is -2.55. The molecular formula is C22H24ClN5O. The number of benzene rings is 2. The molecular weight excluding hydrogens is 386 g/mol. The number of nitrogens with zero attached hydrogens (tertiary/aromatic N) is 2. The van der Waals surface area contributed by atoms with E-state index in [-0.39, 0.29) is 18.1 Å². The second kappa shape index (κ2) is 7.80. The van der Waals surface area contributed by atoms with Gasteiger partial charge in [0.25, 0.3) is 5.91 Å². The molecule has 3 N–H and O–H groups in total. The van der Waals surface area contributed by atoms with E-state index in [9.17, 15) is 4.79 Å². The summed E-state index contributed by atoms with van der Waals surface area (Å²) in [6.45, 7) is 3.22. The second-order valence-electron chi connectivity index (χ2n) is 7.75. The standard InChI is InChI=1S/C22H24ClN5O/c23-18-4-1-15(2-5-18)20-14-21(26-25-20)27-9-11-28(12-10-27)22(29)17-3-6-19-16(13-17)7-8-24-19/h1-8,13,20-21,24-26H,9-12,14H2. The first kappa shape index (κ1) is 18.6. The summed E-state index contributed by atoms with van der Waals surface area (Å²) >= 11 is 6.00. The Morgan fingerprint density at radius 2 is 1.76 bits per heavy atom. The highest BCUT2D eigenvalue weighted by atomic mass is 35.5. The Kier molecular flexibility index (Phi) is 5.01. The molecule has 2 aliphatic heterocycles. The number of aromatic nitrogens is 1. The number of aromatic amines is 1. The van der Waals surface area contributed by atoms with E-state index in [1.54, 1.807) is 0 Å². The topological polar surface area (TPSA) is 63.4 Å². The van der Waals surface area contributed by atoms with Crippen molar-refractivity contribution in [2.75, 3.05) is 26.2 Å². The van der Waals surface area contributed by atoms with Crippen molar-refractivity contribution in [3.63, 3.8) is 0 Å². The van der Waals surface area contributed by atoms with Gasteiger partial charge in [-0.05, 0) is 48.4 Å². The van der Waals surface area contributed by atoms with Crippen LogP contribution in [0.5, 0.6) is 0 Å². The fraction of sp³-hybridized carbons (Fsp3) is 0.318. The number of H-pyrrole nitrogens is 1. The van der Waals surface area contributed by atoms with Gasteiger partial charge in [-0.2, -0.15) is 0 Å². The van der Waals surface area contributed by atoms with Crippen molar-refractivity contribution in [3.05, 3.63) is 70.9 Å². The molecule has 3 heterocycles. The van der Waals surface area contributed by atoms with Gasteiger partial charge in [0.2, 0.25) is 0 Å². The molecule has 1 amide bonds. The smallest absolute Gasteiger partial charge is 0.253 e. The lowest BCUT2D eigenvalue weighted by Gasteiger charge is -2.37. The molecule has 6 nitrogen and oxygen atoms in total. The SMILES string of the molecule is O=C(c1ccc2[nH]ccc2c1)N1CCN(C2CC(c3ccc(Cl)cc3)NN2)CC1. The van der Waals surface area contributed by atoms with E-state index >= 15 is 0 Å². The van der Waals surface area contributed by atoms with Crippen molar-refractivity contribution in [1.82, 2.24) is 25.6 Å². The molecule has 2 fully saturated rings. The van der Waals surface area contributed by atoms with Crippen LogP contribution in [0, 0.1) is 0 Å². The third-order valence-corrected chi connectivity index (χ3v) is 6.25. The van der Waals surface area contributed by atoms with E-state index in [1.165, 1.54) is 5.56 Å². The Morgan fingerprint density at radius 3 is 2.55 bits per heavy atom. The molecule has 29 heavy (non-hydrogen) atoms. The largest absolute Gasteiger partial charge is 0.361 e.